The Labute approximate surface area is 197 Å². The van der Waals surface area contributed by atoms with E-state index in [1.165, 1.54) is 12.1 Å². The van der Waals surface area contributed by atoms with Gasteiger partial charge in [-0.3, -0.25) is 10.1 Å². The summed E-state index contributed by atoms with van der Waals surface area (Å²) < 4.78 is 6.48. The zero-order chi connectivity index (χ0) is 22.3. The first kappa shape index (κ1) is 21.8. The lowest BCUT2D eigenvalue weighted by atomic mass is 10.2. The number of nitro groups is 1. The van der Waals surface area contributed by atoms with Gasteiger partial charge in [0.15, 0.2) is 0 Å². The molecule has 1 fully saturated rings. The fraction of sp³-hybridized carbons (Fsp3) is 0.200. The van der Waals surface area contributed by atoms with E-state index in [-0.39, 0.29) is 11.6 Å². The van der Waals surface area contributed by atoms with Crippen molar-refractivity contribution >= 4 is 58.0 Å². The Hall–Kier alpha value is -3.39. The maximum Gasteiger partial charge on any atom is 0.269 e. The minimum Gasteiger partial charge on any atom is -0.378 e. The molecule has 0 amide bonds. The summed E-state index contributed by atoms with van der Waals surface area (Å²) in [4.78, 5) is 25.8. The molecular formula is C20H19IN8O3. The van der Waals surface area contributed by atoms with Crippen LogP contribution in [0, 0.1) is 13.7 Å². The van der Waals surface area contributed by atoms with Gasteiger partial charge in [-0.25, -0.2) is 5.43 Å². The van der Waals surface area contributed by atoms with Gasteiger partial charge in [0.2, 0.25) is 17.8 Å². The summed E-state index contributed by atoms with van der Waals surface area (Å²) in [7, 11) is 0. The smallest absolute Gasteiger partial charge is 0.269 e. The summed E-state index contributed by atoms with van der Waals surface area (Å²) in [6, 6.07) is 13.9. The molecule has 3 aromatic rings. The molecule has 0 bridgehead atoms. The predicted octanol–water partition coefficient (Wildman–Crippen LogP) is 3.41. The Morgan fingerprint density at radius 3 is 2.50 bits per heavy atom. The zero-order valence-corrected chi connectivity index (χ0v) is 19.0. The number of nitrogens with one attached hydrogen (secondary N) is 2. The monoisotopic (exact) mass is 546 g/mol. The molecule has 164 valence electrons. The van der Waals surface area contributed by atoms with Gasteiger partial charge in [0.05, 0.1) is 24.4 Å². The van der Waals surface area contributed by atoms with E-state index >= 15 is 0 Å². The van der Waals surface area contributed by atoms with Crippen molar-refractivity contribution in [3.8, 4) is 0 Å². The highest BCUT2D eigenvalue weighted by Gasteiger charge is 2.17. The quantitative estimate of drug-likeness (QED) is 0.198. The molecule has 0 aliphatic carbocycles. The minimum absolute atomic E-state index is 0.00689. The van der Waals surface area contributed by atoms with Gasteiger partial charge in [-0.05, 0) is 40.8 Å². The summed E-state index contributed by atoms with van der Waals surface area (Å²) in [5.41, 5.74) is 4.45. The molecule has 0 radical (unpaired) electrons. The first-order valence-electron chi connectivity index (χ1n) is 9.72. The summed E-state index contributed by atoms with van der Waals surface area (Å²) in [6.07, 6.45) is 1.70. The highest BCUT2D eigenvalue weighted by atomic mass is 127. The van der Waals surface area contributed by atoms with Crippen molar-refractivity contribution in [1.82, 2.24) is 15.0 Å². The average molecular weight is 546 g/mol. The van der Waals surface area contributed by atoms with Gasteiger partial charge in [0, 0.05) is 40.0 Å². The first-order chi connectivity index (χ1) is 15.6. The Kier molecular flexibility index (Phi) is 7.01. The summed E-state index contributed by atoms with van der Waals surface area (Å²) in [5, 5.41) is 18.2. The van der Waals surface area contributed by atoms with E-state index in [1.54, 1.807) is 18.3 Å². The summed E-state index contributed by atoms with van der Waals surface area (Å²) in [6.45, 7) is 2.49. The van der Waals surface area contributed by atoms with Gasteiger partial charge in [-0.1, -0.05) is 18.2 Å². The number of halogens is 1. The van der Waals surface area contributed by atoms with Crippen LogP contribution < -0.4 is 15.6 Å². The SMILES string of the molecule is O=[N+]([O-])c1ccc(Nc2nc(NN=Cc3ccccc3I)nc(N3CCOCC3)n2)cc1. The number of hydrazone groups is 1. The Morgan fingerprint density at radius 1 is 1.06 bits per heavy atom. The molecule has 2 heterocycles. The predicted molar refractivity (Wildman–Crippen MR) is 130 cm³/mol. The molecule has 11 nitrogen and oxygen atoms in total. The van der Waals surface area contributed by atoms with Crippen molar-refractivity contribution in [3.05, 3.63) is 67.8 Å². The second-order valence-corrected chi connectivity index (χ2v) is 7.86. The van der Waals surface area contributed by atoms with Gasteiger partial charge in [0.25, 0.3) is 5.69 Å². The molecule has 1 aliphatic heterocycles. The van der Waals surface area contributed by atoms with Crippen LogP contribution in [0.1, 0.15) is 5.56 Å². The molecule has 32 heavy (non-hydrogen) atoms. The van der Waals surface area contributed by atoms with E-state index in [0.29, 0.717) is 43.9 Å². The second kappa shape index (κ2) is 10.3. The fourth-order valence-corrected chi connectivity index (χ4v) is 3.44. The number of rotatable bonds is 7. The van der Waals surface area contributed by atoms with E-state index < -0.39 is 4.92 Å². The van der Waals surface area contributed by atoms with Gasteiger partial charge in [-0.15, -0.1) is 0 Å². The Balaban J connectivity index is 1.57. The molecular weight excluding hydrogens is 527 g/mol. The second-order valence-electron chi connectivity index (χ2n) is 6.70. The van der Waals surface area contributed by atoms with Gasteiger partial charge in [0.1, 0.15) is 0 Å². The molecule has 0 atom stereocenters. The molecule has 4 rings (SSSR count). The molecule has 0 saturated carbocycles. The molecule has 1 aromatic heterocycles. The number of aromatic nitrogens is 3. The van der Waals surface area contributed by atoms with Crippen molar-refractivity contribution in [3.63, 3.8) is 0 Å². The molecule has 1 saturated heterocycles. The van der Waals surface area contributed by atoms with E-state index in [4.69, 9.17) is 4.74 Å². The third kappa shape index (κ3) is 5.64. The number of nitrogens with zero attached hydrogens (tertiary/aromatic N) is 6. The third-order valence-electron chi connectivity index (χ3n) is 4.53. The van der Waals surface area contributed by atoms with E-state index in [2.05, 4.69) is 53.4 Å². The van der Waals surface area contributed by atoms with Crippen LogP contribution in [0.3, 0.4) is 0 Å². The summed E-state index contributed by atoms with van der Waals surface area (Å²) in [5.74, 6) is 1.05. The van der Waals surface area contributed by atoms with E-state index in [1.807, 2.05) is 29.2 Å². The largest absolute Gasteiger partial charge is 0.378 e. The first-order valence-corrected chi connectivity index (χ1v) is 10.8. The molecule has 1 aliphatic rings. The highest BCUT2D eigenvalue weighted by molar-refractivity contribution is 14.1. The normalized spacial score (nSPS) is 13.8. The van der Waals surface area contributed by atoms with Crippen LogP contribution in [0.2, 0.25) is 0 Å². The Morgan fingerprint density at radius 2 is 1.78 bits per heavy atom. The summed E-state index contributed by atoms with van der Waals surface area (Å²) >= 11 is 2.24. The van der Waals surface area contributed by atoms with Crippen LogP contribution in [-0.4, -0.2) is 52.4 Å². The van der Waals surface area contributed by atoms with Crippen molar-refractivity contribution < 1.29 is 9.66 Å². The van der Waals surface area contributed by atoms with Crippen LogP contribution in [-0.2, 0) is 4.74 Å². The van der Waals surface area contributed by atoms with Gasteiger partial charge < -0.3 is 15.0 Å². The highest BCUT2D eigenvalue weighted by Crippen LogP contribution is 2.21. The van der Waals surface area contributed by atoms with Crippen LogP contribution in [0.5, 0.6) is 0 Å². The molecule has 0 spiro atoms. The van der Waals surface area contributed by atoms with Crippen molar-refractivity contribution in [2.24, 2.45) is 5.10 Å². The molecule has 12 heteroatoms. The lowest BCUT2D eigenvalue weighted by Crippen LogP contribution is -2.37. The maximum absolute atomic E-state index is 10.9. The number of benzene rings is 2. The molecule has 0 unspecified atom stereocenters. The van der Waals surface area contributed by atoms with Crippen molar-refractivity contribution in [2.75, 3.05) is 41.9 Å². The number of ether oxygens (including phenoxy) is 1. The van der Waals surface area contributed by atoms with Crippen LogP contribution in [0.4, 0.5) is 29.2 Å². The number of anilines is 4. The lowest BCUT2D eigenvalue weighted by Gasteiger charge is -2.27. The number of hydrogen-bond acceptors (Lipinski definition) is 10. The van der Waals surface area contributed by atoms with Crippen LogP contribution >= 0.6 is 22.6 Å². The van der Waals surface area contributed by atoms with Crippen molar-refractivity contribution in [2.45, 2.75) is 0 Å². The number of nitro benzene ring substituents is 1. The minimum atomic E-state index is -0.447. The van der Waals surface area contributed by atoms with Crippen molar-refractivity contribution in [1.29, 1.82) is 0 Å². The fourth-order valence-electron chi connectivity index (χ4n) is 2.91. The van der Waals surface area contributed by atoms with E-state index in [0.717, 1.165) is 9.13 Å². The third-order valence-corrected chi connectivity index (χ3v) is 5.51. The van der Waals surface area contributed by atoms with Gasteiger partial charge in [-0.2, -0.15) is 20.1 Å². The topological polar surface area (TPSA) is 131 Å². The number of morpholine rings is 1. The number of non-ortho nitro benzene ring substituents is 1. The zero-order valence-electron chi connectivity index (χ0n) is 16.8. The van der Waals surface area contributed by atoms with Crippen LogP contribution in [0.15, 0.2) is 53.6 Å². The van der Waals surface area contributed by atoms with E-state index in [9.17, 15) is 10.1 Å². The molecule has 2 N–H and O–H groups in total. The van der Waals surface area contributed by atoms with Gasteiger partial charge >= 0.3 is 0 Å². The van der Waals surface area contributed by atoms with Crippen LogP contribution in [0.25, 0.3) is 0 Å². The number of hydrogen-bond donors (Lipinski definition) is 2. The lowest BCUT2D eigenvalue weighted by molar-refractivity contribution is -0.384. The average Bonchev–Trinajstić information content (AvgIpc) is 2.81. The molecule has 2 aromatic carbocycles. The standard InChI is InChI=1S/C20H19IN8O3/c21-17-4-2-1-3-14(17)13-22-27-19-24-18(23-15-5-7-16(8-6-15)29(30)31)25-20(26-19)28-9-11-32-12-10-28/h1-8,13H,9-12H2,(H2,23,24,25,26,27). The Bertz CT molecular complexity index is 1120. The maximum atomic E-state index is 10.9.